The van der Waals surface area contributed by atoms with Crippen molar-refractivity contribution in [3.63, 3.8) is 0 Å². The van der Waals surface area contributed by atoms with Crippen molar-refractivity contribution in [1.29, 1.82) is 0 Å². The molecule has 2 aromatic carbocycles. The molecule has 0 N–H and O–H groups in total. The van der Waals surface area contributed by atoms with E-state index in [1.165, 1.54) is 114 Å². The summed E-state index contributed by atoms with van der Waals surface area (Å²) in [6.07, 6.45) is 19.5. The third kappa shape index (κ3) is 13.6. The van der Waals surface area contributed by atoms with Crippen LogP contribution in [0.15, 0.2) is 48.5 Å². The molecule has 2 fully saturated rings. The summed E-state index contributed by atoms with van der Waals surface area (Å²) in [6.45, 7) is 13.4. The minimum Gasteiger partial charge on any atom is -0.494 e. The van der Waals surface area contributed by atoms with Crippen LogP contribution in [0.5, 0.6) is 11.5 Å². The second kappa shape index (κ2) is 19.4. The van der Waals surface area contributed by atoms with Crippen molar-refractivity contribution < 1.29 is 9.47 Å². The molecule has 2 heterocycles. The SMILES string of the molecule is CCCCCCCC(CCCCCCCc1cccc(OCCCN2CC2C)c1)c1ccc(OCCCN2CC2C)cc1. The second-order valence-corrected chi connectivity index (χ2v) is 13.5. The molecule has 0 aromatic heterocycles. The highest BCUT2D eigenvalue weighted by atomic mass is 16.5. The van der Waals surface area contributed by atoms with E-state index in [9.17, 15) is 0 Å². The lowest BCUT2D eigenvalue weighted by molar-refractivity contribution is 0.296. The first-order valence-electron chi connectivity index (χ1n) is 18.0. The van der Waals surface area contributed by atoms with Crippen molar-refractivity contribution in [3.8, 4) is 11.5 Å². The van der Waals surface area contributed by atoms with E-state index in [1.54, 1.807) is 0 Å². The first-order valence-corrected chi connectivity index (χ1v) is 18.0. The van der Waals surface area contributed by atoms with Crippen molar-refractivity contribution in [2.24, 2.45) is 0 Å². The van der Waals surface area contributed by atoms with Gasteiger partial charge >= 0.3 is 0 Å². The van der Waals surface area contributed by atoms with Crippen LogP contribution in [0.3, 0.4) is 0 Å². The number of benzene rings is 2. The van der Waals surface area contributed by atoms with Crippen LogP contribution in [0.25, 0.3) is 0 Å². The van der Waals surface area contributed by atoms with Crippen molar-refractivity contribution in [3.05, 3.63) is 59.7 Å². The zero-order valence-corrected chi connectivity index (χ0v) is 27.9. The maximum atomic E-state index is 6.05. The van der Waals surface area contributed by atoms with Gasteiger partial charge in [-0.3, -0.25) is 9.80 Å². The minimum atomic E-state index is 0.687. The average molecular weight is 591 g/mol. The van der Waals surface area contributed by atoms with E-state index in [1.807, 2.05) is 0 Å². The van der Waals surface area contributed by atoms with Crippen LogP contribution in [0, 0.1) is 0 Å². The Hall–Kier alpha value is -2.04. The molecule has 0 amide bonds. The first kappa shape index (κ1) is 33.8. The third-order valence-corrected chi connectivity index (χ3v) is 9.62. The van der Waals surface area contributed by atoms with Gasteiger partial charge in [0.25, 0.3) is 0 Å². The molecule has 5 unspecified atom stereocenters. The molecule has 2 aliphatic heterocycles. The highest BCUT2D eigenvalue weighted by Crippen LogP contribution is 2.30. The van der Waals surface area contributed by atoms with Gasteiger partial charge in [-0.1, -0.05) is 89.0 Å². The fraction of sp³-hybridized carbons (Fsp3) is 0.692. The number of hydrogen-bond acceptors (Lipinski definition) is 4. The Morgan fingerprint density at radius 3 is 1.81 bits per heavy atom. The zero-order chi connectivity index (χ0) is 30.1. The molecular weight excluding hydrogens is 528 g/mol. The zero-order valence-electron chi connectivity index (χ0n) is 27.9. The Bertz CT molecular complexity index is 1010. The second-order valence-electron chi connectivity index (χ2n) is 13.5. The predicted molar refractivity (Wildman–Crippen MR) is 183 cm³/mol. The molecule has 4 nitrogen and oxygen atoms in total. The Labute approximate surface area is 264 Å². The van der Waals surface area contributed by atoms with Gasteiger partial charge < -0.3 is 9.47 Å². The largest absolute Gasteiger partial charge is 0.494 e. The topological polar surface area (TPSA) is 24.5 Å². The van der Waals surface area contributed by atoms with Crippen LogP contribution in [0.1, 0.15) is 128 Å². The van der Waals surface area contributed by atoms with Gasteiger partial charge in [0.2, 0.25) is 0 Å². The first-order chi connectivity index (χ1) is 21.1. The van der Waals surface area contributed by atoms with Gasteiger partial charge in [-0.05, 0) is 93.7 Å². The number of ether oxygens (including phenoxy) is 2. The summed E-state index contributed by atoms with van der Waals surface area (Å²) < 4.78 is 12.1. The minimum absolute atomic E-state index is 0.687. The molecular formula is C39H62N2O2. The Kier molecular flexibility index (Phi) is 15.2. The van der Waals surface area contributed by atoms with Crippen molar-refractivity contribution in [2.75, 3.05) is 39.4 Å². The summed E-state index contributed by atoms with van der Waals surface area (Å²) >= 11 is 0. The van der Waals surface area contributed by atoms with Gasteiger partial charge in [-0.2, -0.15) is 0 Å². The summed E-state index contributed by atoms with van der Waals surface area (Å²) in [6, 6.07) is 19.5. The van der Waals surface area contributed by atoms with Crippen LogP contribution in [-0.2, 0) is 6.42 Å². The Morgan fingerprint density at radius 2 is 1.21 bits per heavy atom. The number of nitrogens with zero attached hydrogens (tertiary/aromatic N) is 2. The average Bonchev–Trinajstić information content (AvgIpc) is 3.93. The van der Waals surface area contributed by atoms with E-state index in [4.69, 9.17) is 9.47 Å². The maximum Gasteiger partial charge on any atom is 0.119 e. The lowest BCUT2D eigenvalue weighted by Crippen LogP contribution is -2.07. The molecule has 4 rings (SSSR count). The third-order valence-electron chi connectivity index (χ3n) is 9.62. The molecule has 0 radical (unpaired) electrons. The number of hydrogen-bond donors (Lipinski definition) is 0. The molecule has 43 heavy (non-hydrogen) atoms. The maximum absolute atomic E-state index is 6.05. The van der Waals surface area contributed by atoms with Crippen LogP contribution >= 0.6 is 0 Å². The molecule has 4 heteroatoms. The summed E-state index contributed by atoms with van der Waals surface area (Å²) in [5.74, 6) is 2.76. The molecule has 0 spiro atoms. The Morgan fingerprint density at radius 1 is 0.651 bits per heavy atom. The van der Waals surface area contributed by atoms with Gasteiger partial charge in [0, 0.05) is 38.3 Å². The lowest BCUT2D eigenvalue weighted by Gasteiger charge is -2.18. The van der Waals surface area contributed by atoms with Crippen LogP contribution in [-0.4, -0.2) is 61.3 Å². The highest BCUT2D eigenvalue weighted by molar-refractivity contribution is 5.30. The fourth-order valence-electron chi connectivity index (χ4n) is 6.47. The van der Waals surface area contributed by atoms with Crippen LogP contribution in [0.4, 0.5) is 0 Å². The van der Waals surface area contributed by atoms with Gasteiger partial charge in [0.15, 0.2) is 0 Å². The van der Waals surface area contributed by atoms with Crippen molar-refractivity contribution in [1.82, 2.24) is 9.80 Å². The molecule has 2 aromatic rings. The Balaban J connectivity index is 1.10. The number of rotatable bonds is 25. The number of unbranched alkanes of at least 4 members (excludes halogenated alkanes) is 8. The van der Waals surface area contributed by atoms with Crippen LogP contribution in [0.2, 0.25) is 0 Å². The molecule has 5 atom stereocenters. The van der Waals surface area contributed by atoms with E-state index >= 15 is 0 Å². The van der Waals surface area contributed by atoms with Crippen molar-refractivity contribution in [2.45, 2.75) is 135 Å². The lowest BCUT2D eigenvalue weighted by atomic mass is 9.88. The van der Waals surface area contributed by atoms with E-state index in [0.717, 1.165) is 56.1 Å². The van der Waals surface area contributed by atoms with Gasteiger partial charge in [-0.15, -0.1) is 0 Å². The van der Waals surface area contributed by atoms with Gasteiger partial charge in [0.05, 0.1) is 13.2 Å². The monoisotopic (exact) mass is 590 g/mol. The van der Waals surface area contributed by atoms with Gasteiger partial charge in [0.1, 0.15) is 11.5 Å². The smallest absolute Gasteiger partial charge is 0.119 e. The summed E-state index contributed by atoms with van der Waals surface area (Å²) in [7, 11) is 0. The molecule has 240 valence electrons. The van der Waals surface area contributed by atoms with Gasteiger partial charge in [-0.25, -0.2) is 0 Å². The summed E-state index contributed by atoms with van der Waals surface area (Å²) in [5, 5.41) is 0. The standard InChI is InChI=1S/C39H62N2O2/c1-4-5-6-8-12-19-36(37-22-24-38(25-23-37)42-28-15-26-40-31-33(40)2)20-13-10-7-9-11-17-35-18-14-21-39(30-35)43-29-16-27-41-32-34(41)3/h14,18,21-25,30,33-34,36H,4-13,15-17,19-20,26-29,31-32H2,1-3H3. The van der Waals surface area contributed by atoms with Crippen LogP contribution < -0.4 is 9.47 Å². The highest BCUT2D eigenvalue weighted by Gasteiger charge is 2.28. The van der Waals surface area contributed by atoms with E-state index < -0.39 is 0 Å². The molecule has 2 saturated heterocycles. The fourth-order valence-corrected chi connectivity index (χ4v) is 6.47. The van der Waals surface area contributed by atoms with E-state index in [0.29, 0.717) is 5.92 Å². The van der Waals surface area contributed by atoms with Crippen molar-refractivity contribution >= 4 is 0 Å². The molecule has 0 bridgehead atoms. The van der Waals surface area contributed by atoms with E-state index in [2.05, 4.69) is 79.1 Å². The molecule has 0 aliphatic carbocycles. The molecule has 0 saturated carbocycles. The van der Waals surface area contributed by atoms with E-state index in [-0.39, 0.29) is 0 Å². The summed E-state index contributed by atoms with van der Waals surface area (Å²) in [4.78, 5) is 5.00. The number of aryl methyl sites for hydroxylation is 1. The predicted octanol–water partition coefficient (Wildman–Crippen LogP) is 9.66. The quantitative estimate of drug-likeness (QED) is 0.0849. The normalized spacial score (nSPS) is 21.5. The molecule has 2 aliphatic rings. The summed E-state index contributed by atoms with van der Waals surface area (Å²) in [5.41, 5.74) is 2.94.